The van der Waals surface area contributed by atoms with E-state index in [0.29, 0.717) is 10.8 Å². The summed E-state index contributed by atoms with van der Waals surface area (Å²) in [5.41, 5.74) is 0. The third-order valence-electron chi connectivity index (χ3n) is 2.15. The molecule has 3 heteroatoms. The molecule has 2 nitrogen and oxygen atoms in total. The minimum absolute atomic E-state index is 0.369. The Labute approximate surface area is 106 Å². The van der Waals surface area contributed by atoms with Crippen LogP contribution in [0.2, 0.25) is 0 Å². The molecule has 0 saturated heterocycles. The molecule has 0 fully saturated rings. The van der Waals surface area contributed by atoms with Gasteiger partial charge in [-0.15, -0.1) is 0 Å². The van der Waals surface area contributed by atoms with Crippen molar-refractivity contribution in [2.75, 3.05) is 25.5 Å². The second-order valence-electron chi connectivity index (χ2n) is 5.24. The average molecular weight is 247 g/mol. The van der Waals surface area contributed by atoms with Gasteiger partial charge < -0.3 is 10.1 Å². The van der Waals surface area contributed by atoms with Gasteiger partial charge >= 0.3 is 0 Å². The van der Waals surface area contributed by atoms with E-state index in [-0.39, 0.29) is 0 Å². The van der Waals surface area contributed by atoms with Crippen LogP contribution in [-0.4, -0.2) is 36.3 Å². The largest absolute Gasteiger partial charge is 0.380 e. The van der Waals surface area contributed by atoms with Crippen LogP contribution in [0.3, 0.4) is 0 Å². The Hall–Kier alpha value is 0.270. The SMILES string of the molecule is CCCCOCCNC(C)CSC(C)(C)C. The van der Waals surface area contributed by atoms with Crippen molar-refractivity contribution < 1.29 is 4.74 Å². The molecule has 0 aromatic rings. The molecule has 0 radical (unpaired) electrons. The Bertz CT molecular complexity index is 157. The summed E-state index contributed by atoms with van der Waals surface area (Å²) in [7, 11) is 0. The Morgan fingerprint density at radius 1 is 1.25 bits per heavy atom. The van der Waals surface area contributed by atoms with Crippen molar-refractivity contribution in [3.63, 3.8) is 0 Å². The van der Waals surface area contributed by atoms with Crippen LogP contribution < -0.4 is 5.32 Å². The molecule has 0 bridgehead atoms. The maximum Gasteiger partial charge on any atom is 0.0591 e. The lowest BCUT2D eigenvalue weighted by Gasteiger charge is -2.21. The number of hydrogen-bond acceptors (Lipinski definition) is 3. The molecular weight excluding hydrogens is 218 g/mol. The number of hydrogen-bond donors (Lipinski definition) is 1. The monoisotopic (exact) mass is 247 g/mol. The summed E-state index contributed by atoms with van der Waals surface area (Å²) in [6, 6.07) is 0.569. The van der Waals surface area contributed by atoms with E-state index >= 15 is 0 Å². The summed E-state index contributed by atoms with van der Waals surface area (Å²) < 4.78 is 5.87. The van der Waals surface area contributed by atoms with Crippen molar-refractivity contribution in [3.05, 3.63) is 0 Å². The van der Waals surface area contributed by atoms with Gasteiger partial charge in [0.2, 0.25) is 0 Å². The van der Waals surface area contributed by atoms with Gasteiger partial charge in [0, 0.05) is 29.7 Å². The van der Waals surface area contributed by atoms with Crippen LogP contribution in [0.25, 0.3) is 0 Å². The molecule has 0 rings (SSSR count). The summed E-state index contributed by atoms with van der Waals surface area (Å²) in [5, 5.41) is 3.49. The lowest BCUT2D eigenvalue weighted by Crippen LogP contribution is -2.32. The van der Waals surface area contributed by atoms with Gasteiger partial charge in [-0.25, -0.2) is 0 Å². The van der Waals surface area contributed by atoms with Crippen molar-refractivity contribution in [2.45, 2.75) is 58.2 Å². The minimum Gasteiger partial charge on any atom is -0.380 e. The molecule has 98 valence electrons. The molecule has 0 amide bonds. The van der Waals surface area contributed by atoms with Gasteiger partial charge in [-0.1, -0.05) is 34.1 Å². The number of thioether (sulfide) groups is 1. The van der Waals surface area contributed by atoms with Crippen molar-refractivity contribution in [2.24, 2.45) is 0 Å². The third kappa shape index (κ3) is 12.3. The first kappa shape index (κ1) is 16.3. The standard InChI is InChI=1S/C13H29NOS/c1-6-7-9-15-10-8-14-12(2)11-16-13(3,4)5/h12,14H,6-11H2,1-5H3. The second-order valence-corrected chi connectivity index (χ2v) is 7.09. The van der Waals surface area contributed by atoms with Crippen LogP contribution in [0, 0.1) is 0 Å². The van der Waals surface area contributed by atoms with E-state index in [1.54, 1.807) is 0 Å². The molecule has 0 aliphatic heterocycles. The van der Waals surface area contributed by atoms with Crippen molar-refractivity contribution in [1.29, 1.82) is 0 Å². The number of ether oxygens (including phenoxy) is 1. The highest BCUT2D eigenvalue weighted by Gasteiger charge is 2.12. The van der Waals surface area contributed by atoms with Gasteiger partial charge in [-0.05, 0) is 13.3 Å². The van der Waals surface area contributed by atoms with Gasteiger partial charge in [-0.3, -0.25) is 0 Å². The fourth-order valence-corrected chi connectivity index (χ4v) is 2.03. The van der Waals surface area contributed by atoms with Gasteiger partial charge in [0.1, 0.15) is 0 Å². The summed E-state index contributed by atoms with van der Waals surface area (Å²) in [6.07, 6.45) is 2.39. The molecule has 0 aromatic carbocycles. The van der Waals surface area contributed by atoms with Crippen LogP contribution in [-0.2, 0) is 4.74 Å². The van der Waals surface area contributed by atoms with Gasteiger partial charge in [0.15, 0.2) is 0 Å². The zero-order valence-electron chi connectivity index (χ0n) is 11.6. The molecule has 0 heterocycles. The zero-order valence-corrected chi connectivity index (χ0v) is 12.5. The molecule has 0 aromatic heterocycles. The summed E-state index contributed by atoms with van der Waals surface area (Å²) in [6.45, 7) is 13.9. The van der Waals surface area contributed by atoms with Crippen LogP contribution in [0.5, 0.6) is 0 Å². The highest BCUT2D eigenvalue weighted by Crippen LogP contribution is 2.23. The molecule has 1 unspecified atom stereocenters. The van der Waals surface area contributed by atoms with E-state index < -0.39 is 0 Å². The third-order valence-corrected chi connectivity index (χ3v) is 3.68. The highest BCUT2D eigenvalue weighted by molar-refractivity contribution is 8.00. The summed E-state index contributed by atoms with van der Waals surface area (Å²) in [4.78, 5) is 0. The quantitative estimate of drug-likeness (QED) is 0.632. The van der Waals surface area contributed by atoms with Crippen molar-refractivity contribution in [3.8, 4) is 0 Å². The van der Waals surface area contributed by atoms with Crippen molar-refractivity contribution >= 4 is 11.8 Å². The highest BCUT2D eigenvalue weighted by atomic mass is 32.2. The van der Waals surface area contributed by atoms with Crippen LogP contribution in [0.15, 0.2) is 0 Å². The normalized spacial score (nSPS) is 14.1. The summed E-state index contributed by atoms with van der Waals surface area (Å²) in [5.74, 6) is 1.17. The Kier molecular flexibility index (Phi) is 9.47. The Morgan fingerprint density at radius 3 is 2.50 bits per heavy atom. The first-order chi connectivity index (χ1) is 7.45. The molecule has 1 N–H and O–H groups in total. The molecule has 1 atom stereocenters. The van der Waals surface area contributed by atoms with Gasteiger partial charge in [0.25, 0.3) is 0 Å². The fourth-order valence-electron chi connectivity index (χ4n) is 1.16. The van der Waals surface area contributed by atoms with E-state index in [1.165, 1.54) is 18.6 Å². The summed E-state index contributed by atoms with van der Waals surface area (Å²) >= 11 is 2.01. The van der Waals surface area contributed by atoms with Gasteiger partial charge in [-0.2, -0.15) is 11.8 Å². The zero-order chi connectivity index (χ0) is 12.4. The van der Waals surface area contributed by atoms with E-state index in [0.717, 1.165) is 19.8 Å². The Morgan fingerprint density at radius 2 is 1.94 bits per heavy atom. The average Bonchev–Trinajstić information content (AvgIpc) is 2.19. The Balaban J connectivity index is 3.27. The maximum absolute atomic E-state index is 5.50. The predicted octanol–water partition coefficient (Wildman–Crippen LogP) is 3.31. The molecule has 0 spiro atoms. The topological polar surface area (TPSA) is 21.3 Å². The molecule has 0 aliphatic rings. The van der Waals surface area contributed by atoms with E-state index in [9.17, 15) is 0 Å². The smallest absolute Gasteiger partial charge is 0.0591 e. The lowest BCUT2D eigenvalue weighted by atomic mass is 10.3. The van der Waals surface area contributed by atoms with E-state index in [2.05, 4.69) is 39.9 Å². The maximum atomic E-state index is 5.50. The minimum atomic E-state index is 0.369. The fraction of sp³-hybridized carbons (Fsp3) is 1.00. The lowest BCUT2D eigenvalue weighted by molar-refractivity contribution is 0.132. The molecule has 0 aliphatic carbocycles. The van der Waals surface area contributed by atoms with E-state index in [4.69, 9.17) is 4.74 Å². The van der Waals surface area contributed by atoms with E-state index in [1.807, 2.05) is 11.8 Å². The van der Waals surface area contributed by atoms with Crippen LogP contribution in [0.1, 0.15) is 47.5 Å². The number of unbranched alkanes of at least 4 members (excludes halogenated alkanes) is 1. The second kappa shape index (κ2) is 9.32. The molecule has 16 heavy (non-hydrogen) atoms. The predicted molar refractivity (Wildman–Crippen MR) is 75.4 cm³/mol. The number of rotatable bonds is 9. The molecule has 0 saturated carbocycles. The first-order valence-corrected chi connectivity index (χ1v) is 7.39. The first-order valence-electron chi connectivity index (χ1n) is 6.41. The molecular formula is C13H29NOS. The van der Waals surface area contributed by atoms with Crippen LogP contribution >= 0.6 is 11.8 Å². The van der Waals surface area contributed by atoms with Crippen molar-refractivity contribution in [1.82, 2.24) is 5.32 Å². The number of nitrogens with one attached hydrogen (secondary N) is 1. The van der Waals surface area contributed by atoms with Gasteiger partial charge in [0.05, 0.1) is 6.61 Å². The van der Waals surface area contributed by atoms with Crippen LogP contribution in [0.4, 0.5) is 0 Å².